The molecular weight excluding hydrogens is 506 g/mol. The molecule has 1 atom stereocenters. The quantitative estimate of drug-likeness (QED) is 0.255. The van der Waals surface area contributed by atoms with E-state index in [9.17, 15) is 0 Å². The van der Waals surface area contributed by atoms with Gasteiger partial charge in [-0.05, 0) is 59.2 Å². The molecule has 5 nitrogen and oxygen atoms in total. The molecule has 0 amide bonds. The van der Waals surface area contributed by atoms with Gasteiger partial charge < -0.3 is 9.64 Å². The predicted molar refractivity (Wildman–Crippen MR) is 133 cm³/mol. The van der Waals surface area contributed by atoms with Crippen LogP contribution in [-0.2, 0) is 4.74 Å². The third-order valence-corrected chi connectivity index (χ3v) is 6.18. The van der Waals surface area contributed by atoms with E-state index in [-0.39, 0.29) is 0 Å². The minimum absolute atomic E-state index is 0.519. The van der Waals surface area contributed by atoms with E-state index < -0.39 is 0 Å². The van der Waals surface area contributed by atoms with Crippen molar-refractivity contribution < 1.29 is 4.74 Å². The number of pyridine rings is 1. The third-order valence-electron chi connectivity index (χ3n) is 4.08. The second kappa shape index (κ2) is 13.5. The largest absolute Gasteiger partial charge is 0.378 e. The summed E-state index contributed by atoms with van der Waals surface area (Å²) in [6, 6.07) is 1.95. The van der Waals surface area contributed by atoms with Gasteiger partial charge in [-0.1, -0.05) is 39.3 Å². The van der Waals surface area contributed by atoms with Crippen LogP contribution in [0.1, 0.15) is 51.4 Å². The van der Waals surface area contributed by atoms with E-state index in [2.05, 4.69) is 63.1 Å². The Morgan fingerprint density at radius 3 is 2.46 bits per heavy atom. The molecule has 0 aromatic carbocycles. The summed E-state index contributed by atoms with van der Waals surface area (Å²) in [5, 5.41) is 4.86. The van der Waals surface area contributed by atoms with Crippen molar-refractivity contribution >= 4 is 57.4 Å². The number of nitrogens with zero attached hydrogens (tertiary/aromatic N) is 4. The van der Waals surface area contributed by atoms with Crippen LogP contribution in [0.25, 0.3) is 11.6 Å². The Kier molecular flexibility index (Phi) is 12.2. The van der Waals surface area contributed by atoms with E-state index in [1.54, 1.807) is 0 Å². The molecule has 1 aliphatic rings. The summed E-state index contributed by atoms with van der Waals surface area (Å²) in [5.41, 5.74) is 5.42. The van der Waals surface area contributed by atoms with Gasteiger partial charge in [-0.15, -0.1) is 0 Å². The molecule has 0 radical (unpaired) electrons. The summed E-state index contributed by atoms with van der Waals surface area (Å²) in [6.07, 6.45) is 6.63. The summed E-state index contributed by atoms with van der Waals surface area (Å²) in [5.74, 6) is 0. The Bertz CT molecular complexity index is 761. The molecule has 0 spiro atoms. The fourth-order valence-electron chi connectivity index (χ4n) is 2.72. The number of morpholine rings is 1. The maximum atomic E-state index is 6.28. The second-order valence-corrected chi connectivity index (χ2v) is 8.12. The van der Waals surface area contributed by atoms with Crippen LogP contribution in [0, 0.1) is 6.92 Å². The molecule has 8 heteroatoms. The molecule has 156 valence electrons. The van der Waals surface area contributed by atoms with Gasteiger partial charge in [-0.2, -0.15) is 5.10 Å². The van der Waals surface area contributed by atoms with Crippen LogP contribution in [0.15, 0.2) is 18.5 Å². The van der Waals surface area contributed by atoms with Crippen molar-refractivity contribution in [3.05, 3.63) is 40.4 Å². The number of hydrogen-bond donors (Lipinski definition) is 0. The molecule has 28 heavy (non-hydrogen) atoms. The smallest absolute Gasteiger partial charge is 0.131 e. The van der Waals surface area contributed by atoms with Crippen molar-refractivity contribution in [3.63, 3.8) is 0 Å². The van der Waals surface area contributed by atoms with Gasteiger partial charge in [0.15, 0.2) is 0 Å². The zero-order valence-corrected chi connectivity index (χ0v) is 21.5. The summed E-state index contributed by atoms with van der Waals surface area (Å²) in [7, 11) is 0. The van der Waals surface area contributed by atoms with Crippen molar-refractivity contribution in [2.24, 2.45) is 0 Å². The molecule has 0 aliphatic carbocycles. The highest BCUT2D eigenvalue weighted by Gasteiger charge is 2.16. The molecule has 0 bridgehead atoms. The standard InChI is InChI=1S/C16H19ClIN4OP.2C2H6/c1-11(13-9-19-22(10-13)24-18)7-14-12(2)15(8-16(17)20-14)21-3-5-23-6-4-21;2*1-2/h7-10,24H,3-6H2,1-2H3;2*1-2H3/b11-7+;;. The van der Waals surface area contributed by atoms with Crippen molar-refractivity contribution in [3.8, 4) is 0 Å². The van der Waals surface area contributed by atoms with Gasteiger partial charge >= 0.3 is 0 Å². The van der Waals surface area contributed by atoms with Crippen LogP contribution >= 0.6 is 40.0 Å². The molecule has 0 N–H and O–H groups in total. The fraction of sp³-hybridized carbons (Fsp3) is 0.500. The van der Waals surface area contributed by atoms with Gasteiger partial charge in [0.05, 0.1) is 31.5 Å². The lowest BCUT2D eigenvalue weighted by atomic mass is 10.1. The summed E-state index contributed by atoms with van der Waals surface area (Å²) in [6.45, 7) is 15.4. The molecule has 2 aromatic heterocycles. The van der Waals surface area contributed by atoms with Gasteiger partial charge in [-0.25, -0.2) is 9.44 Å². The first-order valence-electron chi connectivity index (χ1n) is 9.68. The van der Waals surface area contributed by atoms with Crippen molar-refractivity contribution in [1.29, 1.82) is 0 Å². The summed E-state index contributed by atoms with van der Waals surface area (Å²) < 4.78 is 7.38. The average Bonchev–Trinajstić information content (AvgIpc) is 3.23. The van der Waals surface area contributed by atoms with Gasteiger partial charge in [0.25, 0.3) is 0 Å². The summed E-state index contributed by atoms with van der Waals surface area (Å²) in [4.78, 5) is 6.84. The molecule has 1 unspecified atom stereocenters. The van der Waals surface area contributed by atoms with E-state index >= 15 is 0 Å². The van der Waals surface area contributed by atoms with Crippen LogP contribution in [0.4, 0.5) is 5.69 Å². The first-order valence-corrected chi connectivity index (χ1v) is 14.1. The number of rotatable bonds is 4. The first kappa shape index (κ1) is 25.3. The SMILES string of the molecule is C/C(=C\c1nc(Cl)cc(N2CCOCC2)c1C)c1cnn(PI)c1.CC.CC. The predicted octanol–water partition coefficient (Wildman–Crippen LogP) is 6.48. The van der Waals surface area contributed by atoms with Gasteiger partial charge in [0.2, 0.25) is 0 Å². The molecule has 3 heterocycles. The first-order chi connectivity index (χ1) is 13.6. The van der Waals surface area contributed by atoms with Gasteiger partial charge in [0, 0.05) is 30.5 Å². The third kappa shape index (κ3) is 6.97. The zero-order valence-electron chi connectivity index (χ0n) is 17.6. The zero-order chi connectivity index (χ0) is 21.1. The topological polar surface area (TPSA) is 43.2 Å². The molecular formula is C20H31ClIN4OP. The minimum Gasteiger partial charge on any atom is -0.378 e. The Morgan fingerprint density at radius 2 is 1.89 bits per heavy atom. The van der Waals surface area contributed by atoms with Crippen molar-refractivity contribution in [2.75, 3.05) is 31.2 Å². The van der Waals surface area contributed by atoms with Crippen LogP contribution in [0.5, 0.6) is 0 Å². The Hall–Kier alpha value is -0.690. The van der Waals surface area contributed by atoms with Crippen LogP contribution in [-0.4, -0.2) is 40.8 Å². The van der Waals surface area contributed by atoms with E-state index in [4.69, 9.17) is 16.3 Å². The van der Waals surface area contributed by atoms with Crippen molar-refractivity contribution in [1.82, 2.24) is 14.5 Å². The number of allylic oxidation sites excluding steroid dienone is 1. The Labute approximate surface area is 189 Å². The highest BCUT2D eigenvalue weighted by Crippen LogP contribution is 2.30. The Balaban J connectivity index is 0.000000921. The van der Waals surface area contributed by atoms with E-state index in [1.165, 1.54) is 0 Å². The number of aromatic nitrogens is 3. The lowest BCUT2D eigenvalue weighted by Gasteiger charge is -2.30. The lowest BCUT2D eigenvalue weighted by Crippen LogP contribution is -2.36. The maximum absolute atomic E-state index is 6.28. The number of halogens is 2. The molecule has 0 saturated carbocycles. The molecule has 3 rings (SSSR count). The molecule has 1 aliphatic heterocycles. The summed E-state index contributed by atoms with van der Waals surface area (Å²) >= 11 is 8.60. The lowest BCUT2D eigenvalue weighted by molar-refractivity contribution is 0.122. The van der Waals surface area contributed by atoms with Crippen LogP contribution < -0.4 is 4.90 Å². The Morgan fingerprint density at radius 1 is 1.25 bits per heavy atom. The molecule has 1 fully saturated rings. The number of ether oxygens (including phenoxy) is 1. The number of anilines is 1. The highest BCUT2D eigenvalue weighted by atomic mass is 127. The van der Waals surface area contributed by atoms with Crippen molar-refractivity contribution in [2.45, 2.75) is 41.5 Å². The highest BCUT2D eigenvalue weighted by molar-refractivity contribution is 14.2. The maximum Gasteiger partial charge on any atom is 0.131 e. The molecule has 1 saturated heterocycles. The average molecular weight is 537 g/mol. The minimum atomic E-state index is 0.519. The second-order valence-electron chi connectivity index (χ2n) is 5.66. The van der Waals surface area contributed by atoms with E-state index in [1.807, 2.05) is 44.4 Å². The fourth-order valence-corrected chi connectivity index (χ4v) is 3.99. The monoisotopic (exact) mass is 536 g/mol. The van der Waals surface area contributed by atoms with E-state index in [0.717, 1.165) is 54.4 Å². The van der Waals surface area contributed by atoms with Crippen LogP contribution in [0.2, 0.25) is 5.15 Å². The van der Waals surface area contributed by atoms with Gasteiger partial charge in [0.1, 0.15) is 5.15 Å². The van der Waals surface area contributed by atoms with E-state index in [0.29, 0.717) is 11.5 Å². The molecule has 2 aromatic rings. The normalized spacial score (nSPS) is 14.4. The number of hydrogen-bond acceptors (Lipinski definition) is 4. The van der Waals surface area contributed by atoms with Crippen LogP contribution in [0.3, 0.4) is 0 Å². The van der Waals surface area contributed by atoms with Gasteiger partial charge in [-0.3, -0.25) is 0 Å².